The molecule has 1 aromatic heterocycles. The fourth-order valence-corrected chi connectivity index (χ4v) is 2.89. The zero-order valence-corrected chi connectivity index (χ0v) is 12.3. The molecule has 0 radical (unpaired) electrons. The maximum absolute atomic E-state index is 4.53. The molecule has 0 bridgehead atoms. The van der Waals surface area contributed by atoms with Gasteiger partial charge in [-0.15, -0.1) is 0 Å². The van der Waals surface area contributed by atoms with Crippen molar-refractivity contribution in [2.75, 3.05) is 5.32 Å². The van der Waals surface area contributed by atoms with Crippen molar-refractivity contribution >= 4 is 21.7 Å². The SMILES string of the molecule is CCc1nc(Br)cc(NC2CCCC2(C)C)n1. The number of nitrogens with zero attached hydrogens (tertiary/aromatic N) is 2. The minimum atomic E-state index is 0.365. The molecule has 1 atom stereocenters. The monoisotopic (exact) mass is 297 g/mol. The van der Waals surface area contributed by atoms with Gasteiger partial charge in [0.15, 0.2) is 0 Å². The van der Waals surface area contributed by atoms with Crippen LogP contribution in [0.3, 0.4) is 0 Å². The third-order valence-corrected chi connectivity index (χ3v) is 4.04. The first-order chi connectivity index (χ1) is 8.01. The quantitative estimate of drug-likeness (QED) is 0.863. The van der Waals surface area contributed by atoms with Gasteiger partial charge in [-0.3, -0.25) is 0 Å². The highest BCUT2D eigenvalue weighted by atomic mass is 79.9. The van der Waals surface area contributed by atoms with Gasteiger partial charge in [0.25, 0.3) is 0 Å². The van der Waals surface area contributed by atoms with Gasteiger partial charge in [0.2, 0.25) is 0 Å². The standard InChI is InChI=1S/C13H20BrN3/c1-4-11-16-10(14)8-12(17-11)15-9-6-5-7-13(9,2)3/h8-9H,4-7H2,1-3H3,(H,15,16,17). The first-order valence-electron chi connectivity index (χ1n) is 6.31. The predicted octanol–water partition coefficient (Wildman–Crippen LogP) is 3.79. The molecule has 1 aromatic rings. The minimum Gasteiger partial charge on any atom is -0.367 e. The van der Waals surface area contributed by atoms with Crippen molar-refractivity contribution in [3.63, 3.8) is 0 Å². The number of hydrogen-bond donors (Lipinski definition) is 1. The highest BCUT2D eigenvalue weighted by Crippen LogP contribution is 2.38. The molecule has 0 aromatic carbocycles. The first-order valence-corrected chi connectivity index (χ1v) is 7.10. The Morgan fingerprint density at radius 1 is 1.47 bits per heavy atom. The summed E-state index contributed by atoms with van der Waals surface area (Å²) >= 11 is 3.44. The topological polar surface area (TPSA) is 37.8 Å². The van der Waals surface area contributed by atoms with Crippen molar-refractivity contribution in [3.05, 3.63) is 16.5 Å². The number of aromatic nitrogens is 2. The van der Waals surface area contributed by atoms with Gasteiger partial charge in [0.05, 0.1) is 0 Å². The van der Waals surface area contributed by atoms with Crippen LogP contribution in [-0.2, 0) is 6.42 Å². The smallest absolute Gasteiger partial charge is 0.131 e. The normalized spacial score (nSPS) is 22.7. The summed E-state index contributed by atoms with van der Waals surface area (Å²) in [5, 5.41) is 3.57. The average Bonchev–Trinajstić information content (AvgIpc) is 2.57. The van der Waals surface area contributed by atoms with Crippen molar-refractivity contribution < 1.29 is 0 Å². The van der Waals surface area contributed by atoms with Crippen molar-refractivity contribution in [1.82, 2.24) is 9.97 Å². The van der Waals surface area contributed by atoms with Gasteiger partial charge in [-0.05, 0) is 34.2 Å². The fraction of sp³-hybridized carbons (Fsp3) is 0.692. The number of halogens is 1. The zero-order chi connectivity index (χ0) is 12.5. The second-order valence-corrected chi connectivity index (χ2v) is 6.24. The van der Waals surface area contributed by atoms with Crippen molar-refractivity contribution in [2.24, 2.45) is 5.41 Å². The predicted molar refractivity (Wildman–Crippen MR) is 74.2 cm³/mol. The van der Waals surface area contributed by atoms with Crippen LogP contribution in [0.1, 0.15) is 45.9 Å². The number of anilines is 1. The summed E-state index contributed by atoms with van der Waals surface area (Å²) < 4.78 is 0.864. The van der Waals surface area contributed by atoms with Crippen LogP contribution >= 0.6 is 15.9 Å². The Hall–Kier alpha value is -0.640. The lowest BCUT2D eigenvalue weighted by atomic mass is 9.87. The molecular formula is C13H20BrN3. The largest absolute Gasteiger partial charge is 0.367 e. The molecule has 17 heavy (non-hydrogen) atoms. The van der Waals surface area contributed by atoms with Gasteiger partial charge in [0.1, 0.15) is 16.2 Å². The van der Waals surface area contributed by atoms with Gasteiger partial charge < -0.3 is 5.32 Å². The highest BCUT2D eigenvalue weighted by Gasteiger charge is 2.34. The third-order valence-electron chi connectivity index (χ3n) is 3.64. The molecule has 1 aliphatic carbocycles. The molecule has 2 rings (SSSR count). The van der Waals surface area contributed by atoms with Crippen LogP contribution in [0.25, 0.3) is 0 Å². The van der Waals surface area contributed by atoms with E-state index in [1.807, 2.05) is 6.07 Å². The van der Waals surface area contributed by atoms with Crippen LogP contribution < -0.4 is 5.32 Å². The second kappa shape index (κ2) is 4.92. The maximum atomic E-state index is 4.53. The zero-order valence-electron chi connectivity index (χ0n) is 10.8. The van der Waals surface area contributed by atoms with E-state index in [0.29, 0.717) is 11.5 Å². The molecule has 1 unspecified atom stereocenters. The van der Waals surface area contributed by atoms with Gasteiger partial charge in [-0.1, -0.05) is 27.2 Å². The Morgan fingerprint density at radius 2 is 2.24 bits per heavy atom. The van der Waals surface area contributed by atoms with E-state index in [1.165, 1.54) is 19.3 Å². The molecule has 4 heteroatoms. The van der Waals surface area contributed by atoms with E-state index < -0.39 is 0 Å². The average molecular weight is 298 g/mol. The van der Waals surface area contributed by atoms with Gasteiger partial charge >= 0.3 is 0 Å². The number of hydrogen-bond acceptors (Lipinski definition) is 3. The van der Waals surface area contributed by atoms with Gasteiger partial charge in [-0.2, -0.15) is 0 Å². The van der Waals surface area contributed by atoms with Crippen LogP contribution in [0.2, 0.25) is 0 Å². The number of aryl methyl sites for hydroxylation is 1. The Labute approximate surface area is 112 Å². The Balaban J connectivity index is 2.15. The lowest BCUT2D eigenvalue weighted by Gasteiger charge is -2.28. The van der Waals surface area contributed by atoms with E-state index in [1.54, 1.807) is 0 Å². The maximum Gasteiger partial charge on any atom is 0.131 e. The Kier molecular flexibility index (Phi) is 3.71. The molecule has 1 aliphatic rings. The lowest BCUT2D eigenvalue weighted by molar-refractivity contribution is 0.349. The van der Waals surface area contributed by atoms with Crippen LogP contribution in [0.15, 0.2) is 10.7 Å². The Morgan fingerprint density at radius 3 is 2.82 bits per heavy atom. The van der Waals surface area contributed by atoms with E-state index in [0.717, 1.165) is 22.7 Å². The van der Waals surface area contributed by atoms with Crippen LogP contribution in [0.4, 0.5) is 5.82 Å². The fourth-order valence-electron chi connectivity index (χ4n) is 2.47. The molecule has 0 saturated heterocycles. The lowest BCUT2D eigenvalue weighted by Crippen LogP contribution is -2.31. The third kappa shape index (κ3) is 2.97. The van der Waals surface area contributed by atoms with E-state index in [4.69, 9.17) is 0 Å². The van der Waals surface area contributed by atoms with E-state index in [-0.39, 0.29) is 0 Å². The highest BCUT2D eigenvalue weighted by molar-refractivity contribution is 9.10. The molecule has 0 amide bonds. The number of rotatable bonds is 3. The minimum absolute atomic E-state index is 0.365. The van der Waals surface area contributed by atoms with Crippen LogP contribution in [0, 0.1) is 5.41 Å². The summed E-state index contributed by atoms with van der Waals surface area (Å²) in [6.07, 6.45) is 4.69. The summed E-state index contributed by atoms with van der Waals surface area (Å²) in [5.74, 6) is 1.83. The number of nitrogens with one attached hydrogen (secondary N) is 1. The van der Waals surface area contributed by atoms with Gasteiger partial charge in [0, 0.05) is 18.5 Å². The molecule has 94 valence electrons. The molecule has 1 fully saturated rings. The van der Waals surface area contributed by atoms with E-state index >= 15 is 0 Å². The van der Waals surface area contributed by atoms with E-state index in [2.05, 4.69) is 52.0 Å². The molecule has 3 nitrogen and oxygen atoms in total. The molecule has 1 heterocycles. The molecule has 0 aliphatic heterocycles. The van der Waals surface area contributed by atoms with Crippen LogP contribution in [-0.4, -0.2) is 16.0 Å². The Bertz CT molecular complexity index is 404. The molecule has 1 saturated carbocycles. The summed E-state index contributed by atoms with van der Waals surface area (Å²) in [4.78, 5) is 8.86. The van der Waals surface area contributed by atoms with Crippen molar-refractivity contribution in [1.29, 1.82) is 0 Å². The van der Waals surface area contributed by atoms with Crippen LogP contribution in [0.5, 0.6) is 0 Å². The molecule has 1 N–H and O–H groups in total. The molecule has 0 spiro atoms. The van der Waals surface area contributed by atoms with Crippen molar-refractivity contribution in [2.45, 2.75) is 52.5 Å². The molecular weight excluding hydrogens is 278 g/mol. The summed E-state index contributed by atoms with van der Waals surface area (Å²) in [6, 6.07) is 2.49. The van der Waals surface area contributed by atoms with Gasteiger partial charge in [-0.25, -0.2) is 9.97 Å². The summed E-state index contributed by atoms with van der Waals surface area (Å²) in [5.41, 5.74) is 0.365. The summed E-state index contributed by atoms with van der Waals surface area (Å²) in [6.45, 7) is 6.73. The van der Waals surface area contributed by atoms with Crippen molar-refractivity contribution in [3.8, 4) is 0 Å². The summed E-state index contributed by atoms with van der Waals surface area (Å²) in [7, 11) is 0. The second-order valence-electron chi connectivity index (χ2n) is 5.42. The van der Waals surface area contributed by atoms with E-state index in [9.17, 15) is 0 Å². The first kappa shape index (κ1) is 12.8.